The number of aromatic nitrogens is 1. The van der Waals surface area contributed by atoms with Crippen LogP contribution in [-0.2, 0) is 6.54 Å². The molecule has 0 aliphatic carbocycles. The van der Waals surface area contributed by atoms with Gasteiger partial charge in [-0.25, -0.2) is 0 Å². The summed E-state index contributed by atoms with van der Waals surface area (Å²) in [5.41, 5.74) is 6.03. The molecule has 1 N–H and O–H groups in total. The summed E-state index contributed by atoms with van der Waals surface area (Å²) >= 11 is 0. The van der Waals surface area contributed by atoms with E-state index in [1.165, 1.54) is 24.0 Å². The van der Waals surface area contributed by atoms with E-state index in [0.29, 0.717) is 0 Å². The van der Waals surface area contributed by atoms with E-state index in [1.807, 2.05) is 19.9 Å². The van der Waals surface area contributed by atoms with Crippen molar-refractivity contribution in [2.24, 2.45) is 5.92 Å². The van der Waals surface area contributed by atoms with Gasteiger partial charge in [0.1, 0.15) is 11.6 Å². The molecule has 1 aromatic carbocycles. The van der Waals surface area contributed by atoms with Crippen LogP contribution < -0.4 is 5.56 Å². The molecule has 1 aliphatic heterocycles. The summed E-state index contributed by atoms with van der Waals surface area (Å²) in [6, 6.07) is 8.34. The highest BCUT2D eigenvalue weighted by atomic mass is 16.1. The maximum atomic E-state index is 12.2. The minimum Gasteiger partial charge on any atom is -0.325 e. The lowest BCUT2D eigenvalue weighted by atomic mass is 9.92. The van der Waals surface area contributed by atoms with Crippen LogP contribution in [0.25, 0.3) is 11.1 Å². The van der Waals surface area contributed by atoms with Crippen molar-refractivity contribution >= 4 is 0 Å². The Kier molecular flexibility index (Phi) is 5.29. The van der Waals surface area contributed by atoms with Crippen LogP contribution in [0.3, 0.4) is 0 Å². The standard InChI is InChI=1S/C22H27N3O/c1-14-5-7-25(8-6-14)13-18-11-19(16(3)9-15(18)2)20-10-17(4)24-22(26)21(20)12-23/h9-11,14H,5-8,13H2,1-4H3,(H,24,26). The highest BCUT2D eigenvalue weighted by Crippen LogP contribution is 2.29. The van der Waals surface area contributed by atoms with Crippen LogP contribution in [-0.4, -0.2) is 23.0 Å². The van der Waals surface area contributed by atoms with Crippen molar-refractivity contribution in [3.63, 3.8) is 0 Å². The quantitative estimate of drug-likeness (QED) is 0.908. The topological polar surface area (TPSA) is 59.9 Å². The molecule has 26 heavy (non-hydrogen) atoms. The van der Waals surface area contributed by atoms with Gasteiger partial charge in [0.2, 0.25) is 0 Å². The van der Waals surface area contributed by atoms with E-state index in [2.05, 4.69) is 41.9 Å². The van der Waals surface area contributed by atoms with Crippen molar-refractivity contribution in [1.29, 1.82) is 5.26 Å². The summed E-state index contributed by atoms with van der Waals surface area (Å²) in [5, 5.41) is 9.47. The fourth-order valence-corrected chi connectivity index (χ4v) is 3.83. The molecule has 1 saturated heterocycles. The van der Waals surface area contributed by atoms with Crippen LogP contribution in [0.15, 0.2) is 23.0 Å². The highest BCUT2D eigenvalue weighted by molar-refractivity contribution is 5.74. The smallest absolute Gasteiger partial charge is 0.266 e. The lowest BCUT2D eigenvalue weighted by Gasteiger charge is -2.31. The van der Waals surface area contributed by atoms with Gasteiger partial charge in [-0.15, -0.1) is 0 Å². The first-order valence-electron chi connectivity index (χ1n) is 9.36. The number of pyridine rings is 1. The number of rotatable bonds is 3. The second-order valence-electron chi connectivity index (χ2n) is 7.73. The van der Waals surface area contributed by atoms with Crippen LogP contribution in [0.4, 0.5) is 0 Å². The summed E-state index contributed by atoms with van der Waals surface area (Å²) in [5.74, 6) is 0.818. The van der Waals surface area contributed by atoms with Crippen molar-refractivity contribution in [1.82, 2.24) is 9.88 Å². The number of nitrogens with zero attached hydrogens (tertiary/aromatic N) is 2. The molecule has 1 aromatic heterocycles. The maximum absolute atomic E-state index is 12.2. The first-order chi connectivity index (χ1) is 12.4. The van der Waals surface area contributed by atoms with Gasteiger partial charge in [0.15, 0.2) is 0 Å². The first kappa shape index (κ1) is 18.4. The average Bonchev–Trinajstić information content (AvgIpc) is 2.58. The molecular formula is C22H27N3O. The monoisotopic (exact) mass is 349 g/mol. The molecule has 1 aliphatic rings. The van der Waals surface area contributed by atoms with E-state index in [4.69, 9.17) is 0 Å². The summed E-state index contributed by atoms with van der Waals surface area (Å²) in [4.78, 5) is 17.4. The SMILES string of the molecule is Cc1cc(-c2cc(CN3CCC(C)CC3)c(C)cc2C)c(C#N)c(=O)[nH]1. The van der Waals surface area contributed by atoms with Crippen LogP contribution in [0, 0.1) is 38.0 Å². The van der Waals surface area contributed by atoms with Gasteiger partial charge in [0.05, 0.1) is 0 Å². The minimum atomic E-state index is -0.311. The van der Waals surface area contributed by atoms with Gasteiger partial charge in [-0.3, -0.25) is 9.69 Å². The van der Waals surface area contributed by atoms with Crippen LogP contribution in [0.5, 0.6) is 0 Å². The number of likely N-dealkylation sites (tertiary alicyclic amines) is 1. The molecule has 3 rings (SSSR count). The lowest BCUT2D eigenvalue weighted by Crippen LogP contribution is -2.32. The Morgan fingerprint density at radius 2 is 1.81 bits per heavy atom. The zero-order valence-corrected chi connectivity index (χ0v) is 16.1. The maximum Gasteiger partial charge on any atom is 0.266 e. The third-order valence-corrected chi connectivity index (χ3v) is 5.52. The van der Waals surface area contributed by atoms with Crippen molar-refractivity contribution in [3.05, 3.63) is 56.5 Å². The fourth-order valence-electron chi connectivity index (χ4n) is 3.83. The van der Waals surface area contributed by atoms with E-state index in [1.54, 1.807) is 0 Å². The van der Waals surface area contributed by atoms with Gasteiger partial charge in [-0.05, 0) is 87.0 Å². The number of nitriles is 1. The number of hydrogen-bond donors (Lipinski definition) is 1. The summed E-state index contributed by atoms with van der Waals surface area (Å²) in [6.45, 7) is 11.6. The molecule has 2 aromatic rings. The number of hydrogen-bond acceptors (Lipinski definition) is 3. The molecule has 0 amide bonds. The van der Waals surface area contributed by atoms with Gasteiger partial charge >= 0.3 is 0 Å². The summed E-state index contributed by atoms with van der Waals surface area (Å²) in [7, 11) is 0. The number of H-pyrrole nitrogens is 1. The summed E-state index contributed by atoms with van der Waals surface area (Å²) in [6.07, 6.45) is 2.51. The lowest BCUT2D eigenvalue weighted by molar-refractivity contribution is 0.185. The van der Waals surface area contributed by atoms with E-state index < -0.39 is 0 Å². The fraction of sp³-hybridized carbons (Fsp3) is 0.455. The van der Waals surface area contributed by atoms with E-state index >= 15 is 0 Å². The largest absolute Gasteiger partial charge is 0.325 e. The van der Waals surface area contributed by atoms with Gasteiger partial charge in [-0.1, -0.05) is 13.0 Å². The molecule has 136 valence electrons. The molecular weight excluding hydrogens is 322 g/mol. The van der Waals surface area contributed by atoms with Crippen LogP contribution in [0.1, 0.15) is 47.7 Å². The highest BCUT2D eigenvalue weighted by Gasteiger charge is 2.18. The number of nitrogens with one attached hydrogen (secondary N) is 1. The van der Waals surface area contributed by atoms with Crippen LogP contribution >= 0.6 is 0 Å². The number of benzene rings is 1. The number of aromatic amines is 1. The predicted octanol–water partition coefficient (Wildman–Crippen LogP) is 4.07. The first-order valence-corrected chi connectivity index (χ1v) is 9.36. The Morgan fingerprint density at radius 3 is 2.46 bits per heavy atom. The summed E-state index contributed by atoms with van der Waals surface area (Å²) < 4.78 is 0. The molecule has 0 unspecified atom stereocenters. The van der Waals surface area contributed by atoms with E-state index in [-0.39, 0.29) is 11.1 Å². The van der Waals surface area contributed by atoms with E-state index in [9.17, 15) is 10.1 Å². The Bertz CT molecular complexity index is 912. The minimum absolute atomic E-state index is 0.195. The third kappa shape index (κ3) is 3.73. The average molecular weight is 349 g/mol. The van der Waals surface area contributed by atoms with Crippen molar-refractivity contribution < 1.29 is 0 Å². The Hall–Kier alpha value is -2.38. The van der Waals surface area contributed by atoms with Gasteiger partial charge in [-0.2, -0.15) is 5.26 Å². The zero-order chi connectivity index (χ0) is 18.8. The second kappa shape index (κ2) is 7.47. The van der Waals surface area contributed by atoms with Crippen molar-refractivity contribution in [3.8, 4) is 17.2 Å². The number of aryl methyl sites for hydroxylation is 3. The molecule has 2 heterocycles. The third-order valence-electron chi connectivity index (χ3n) is 5.52. The molecule has 0 atom stereocenters. The molecule has 4 nitrogen and oxygen atoms in total. The molecule has 0 spiro atoms. The van der Waals surface area contributed by atoms with Crippen molar-refractivity contribution in [2.45, 2.75) is 47.1 Å². The molecule has 4 heteroatoms. The normalized spacial score (nSPS) is 15.8. The molecule has 1 fully saturated rings. The van der Waals surface area contributed by atoms with Crippen LogP contribution in [0.2, 0.25) is 0 Å². The molecule has 0 bridgehead atoms. The van der Waals surface area contributed by atoms with Crippen molar-refractivity contribution in [2.75, 3.05) is 13.1 Å². The Morgan fingerprint density at radius 1 is 1.12 bits per heavy atom. The second-order valence-corrected chi connectivity index (χ2v) is 7.73. The predicted molar refractivity (Wildman–Crippen MR) is 105 cm³/mol. The molecule has 0 radical (unpaired) electrons. The Balaban J connectivity index is 2.02. The van der Waals surface area contributed by atoms with E-state index in [0.717, 1.165) is 47.9 Å². The Labute approximate surface area is 155 Å². The number of piperidine rings is 1. The van der Waals surface area contributed by atoms with Gasteiger partial charge in [0.25, 0.3) is 5.56 Å². The molecule has 0 saturated carbocycles. The van der Waals surface area contributed by atoms with Gasteiger partial charge < -0.3 is 4.98 Å². The zero-order valence-electron chi connectivity index (χ0n) is 16.1. The van der Waals surface area contributed by atoms with Gasteiger partial charge in [0, 0.05) is 17.8 Å².